The summed E-state index contributed by atoms with van der Waals surface area (Å²) in [7, 11) is 3.04. The maximum absolute atomic E-state index is 12.4. The van der Waals surface area contributed by atoms with Crippen LogP contribution in [0.25, 0.3) is 10.8 Å². The molecule has 160 valence electrons. The number of phenols is 1. The maximum atomic E-state index is 12.4. The molecule has 0 spiro atoms. The number of methoxy groups -OCH3 is 2. The Kier molecular flexibility index (Phi) is 6.71. The molecule has 8 heteroatoms. The summed E-state index contributed by atoms with van der Waals surface area (Å²) >= 11 is 0. The molecule has 3 N–H and O–H groups in total. The number of nitrogens with zero attached hydrogens (tertiary/aromatic N) is 1. The molecule has 0 aliphatic carbocycles. The topological polar surface area (TPSA) is 109 Å². The number of anilines is 1. The molecule has 0 fully saturated rings. The van der Waals surface area contributed by atoms with Crippen molar-refractivity contribution in [1.82, 2.24) is 5.43 Å². The molecule has 0 saturated heterocycles. The van der Waals surface area contributed by atoms with Crippen LogP contribution >= 0.6 is 0 Å². The summed E-state index contributed by atoms with van der Waals surface area (Å²) in [6.07, 6.45) is -0.0425. The summed E-state index contributed by atoms with van der Waals surface area (Å²) in [5.41, 5.74) is 3.36. The van der Waals surface area contributed by atoms with Crippen molar-refractivity contribution in [2.75, 3.05) is 19.5 Å². The molecule has 0 bridgehead atoms. The monoisotopic (exact) mass is 421 g/mol. The van der Waals surface area contributed by atoms with Gasteiger partial charge in [0.05, 0.1) is 31.9 Å². The van der Waals surface area contributed by atoms with E-state index in [0.29, 0.717) is 22.9 Å². The van der Waals surface area contributed by atoms with Crippen molar-refractivity contribution in [3.8, 4) is 17.2 Å². The van der Waals surface area contributed by atoms with Gasteiger partial charge in [0.2, 0.25) is 5.91 Å². The number of rotatable bonds is 7. The lowest BCUT2D eigenvalue weighted by molar-refractivity contribution is -0.115. The van der Waals surface area contributed by atoms with E-state index in [-0.39, 0.29) is 23.6 Å². The van der Waals surface area contributed by atoms with Gasteiger partial charge in [-0.1, -0.05) is 24.3 Å². The Hall–Kier alpha value is -4.07. The van der Waals surface area contributed by atoms with Crippen LogP contribution in [0.1, 0.15) is 23.7 Å². The Balaban J connectivity index is 1.64. The van der Waals surface area contributed by atoms with E-state index in [0.717, 1.165) is 10.8 Å². The molecule has 2 amide bonds. The van der Waals surface area contributed by atoms with Gasteiger partial charge in [-0.05, 0) is 42.0 Å². The molecular formula is C23H23N3O5. The van der Waals surface area contributed by atoms with Gasteiger partial charge in [0.25, 0.3) is 5.91 Å². The van der Waals surface area contributed by atoms with Crippen LogP contribution in [-0.4, -0.2) is 36.9 Å². The van der Waals surface area contributed by atoms with Gasteiger partial charge < -0.3 is 19.9 Å². The van der Waals surface area contributed by atoms with E-state index >= 15 is 0 Å². The van der Waals surface area contributed by atoms with Gasteiger partial charge in [-0.2, -0.15) is 5.10 Å². The van der Waals surface area contributed by atoms with Crippen LogP contribution in [0, 0.1) is 0 Å². The molecule has 3 rings (SSSR count). The smallest absolute Gasteiger partial charge is 0.275 e. The number of phenolic OH excluding ortho intramolecular Hbond substituents is 1. The van der Waals surface area contributed by atoms with Gasteiger partial charge in [-0.15, -0.1) is 0 Å². The molecule has 0 unspecified atom stereocenters. The third kappa shape index (κ3) is 5.30. The molecule has 0 aliphatic rings. The fraction of sp³-hybridized carbons (Fsp3) is 0.174. The van der Waals surface area contributed by atoms with Crippen LogP contribution < -0.4 is 20.2 Å². The minimum Gasteiger partial charge on any atom is -0.507 e. The molecule has 3 aromatic rings. The van der Waals surface area contributed by atoms with E-state index in [1.54, 1.807) is 38.3 Å². The van der Waals surface area contributed by atoms with Gasteiger partial charge in [0.1, 0.15) is 17.2 Å². The van der Waals surface area contributed by atoms with Gasteiger partial charge in [0.15, 0.2) is 0 Å². The van der Waals surface area contributed by atoms with E-state index < -0.39 is 5.91 Å². The van der Waals surface area contributed by atoms with E-state index in [1.807, 2.05) is 24.3 Å². The van der Waals surface area contributed by atoms with Crippen molar-refractivity contribution in [1.29, 1.82) is 0 Å². The zero-order chi connectivity index (χ0) is 22.4. The quantitative estimate of drug-likeness (QED) is 0.398. The predicted octanol–water partition coefficient (Wildman–Crippen LogP) is 3.70. The van der Waals surface area contributed by atoms with Gasteiger partial charge >= 0.3 is 0 Å². The first kappa shape index (κ1) is 21.6. The summed E-state index contributed by atoms with van der Waals surface area (Å²) in [6.45, 7) is 1.62. The Morgan fingerprint density at radius 2 is 1.71 bits per heavy atom. The molecular weight excluding hydrogens is 398 g/mol. The van der Waals surface area contributed by atoms with Crippen molar-refractivity contribution in [2.45, 2.75) is 13.3 Å². The van der Waals surface area contributed by atoms with E-state index in [1.165, 1.54) is 13.2 Å². The number of carbonyl (C=O) groups is 2. The summed E-state index contributed by atoms with van der Waals surface area (Å²) in [6, 6.07) is 15.5. The van der Waals surface area contributed by atoms with E-state index in [2.05, 4.69) is 15.8 Å². The lowest BCUT2D eigenvalue weighted by atomic mass is 10.1. The second kappa shape index (κ2) is 9.62. The zero-order valence-corrected chi connectivity index (χ0v) is 17.4. The Morgan fingerprint density at radius 3 is 2.39 bits per heavy atom. The zero-order valence-electron chi connectivity index (χ0n) is 17.4. The average Bonchev–Trinajstić information content (AvgIpc) is 2.77. The number of fused-ring (bicyclic) bond motifs is 1. The van der Waals surface area contributed by atoms with Crippen LogP contribution in [0.15, 0.2) is 59.7 Å². The normalized spacial score (nSPS) is 11.1. The second-order valence-electron chi connectivity index (χ2n) is 6.80. The summed E-state index contributed by atoms with van der Waals surface area (Å²) in [5.74, 6) is 0.0235. The lowest BCUT2D eigenvalue weighted by Crippen LogP contribution is -2.21. The standard InChI is InChI=1S/C23H23N3O5/c1-14(10-22(28)24-19-9-8-17(30-2)13-21(19)31-3)25-26-23(29)18-11-15-6-4-5-7-16(15)12-20(18)27/h4-9,11-13,27H,10H2,1-3H3,(H,24,28)(H,26,29)/b25-14-. The first-order valence-corrected chi connectivity index (χ1v) is 9.48. The highest BCUT2D eigenvalue weighted by Gasteiger charge is 2.13. The number of amides is 2. The molecule has 0 aromatic heterocycles. The molecule has 0 saturated carbocycles. The van der Waals surface area contributed by atoms with Crippen molar-refractivity contribution >= 4 is 34.0 Å². The number of benzene rings is 3. The number of nitrogens with one attached hydrogen (secondary N) is 2. The van der Waals surface area contributed by atoms with Gasteiger partial charge in [0, 0.05) is 11.8 Å². The molecule has 31 heavy (non-hydrogen) atoms. The van der Waals surface area contributed by atoms with Crippen molar-refractivity contribution in [3.05, 3.63) is 60.2 Å². The molecule has 0 heterocycles. The van der Waals surface area contributed by atoms with Crippen LogP contribution in [0.5, 0.6) is 17.2 Å². The third-order valence-corrected chi connectivity index (χ3v) is 4.56. The fourth-order valence-electron chi connectivity index (χ4n) is 2.98. The Morgan fingerprint density at radius 1 is 1.00 bits per heavy atom. The number of hydrogen-bond donors (Lipinski definition) is 3. The van der Waals surface area contributed by atoms with Crippen LogP contribution in [0.4, 0.5) is 5.69 Å². The molecule has 3 aromatic carbocycles. The molecule has 0 aliphatic heterocycles. The lowest BCUT2D eigenvalue weighted by Gasteiger charge is -2.11. The number of hydrazone groups is 1. The van der Waals surface area contributed by atoms with E-state index in [4.69, 9.17) is 9.47 Å². The molecule has 8 nitrogen and oxygen atoms in total. The SMILES string of the molecule is COc1ccc(NC(=O)C/C(C)=N\NC(=O)c2cc3ccccc3cc2O)c(OC)c1. The second-order valence-corrected chi connectivity index (χ2v) is 6.80. The van der Waals surface area contributed by atoms with Crippen LogP contribution in [0.3, 0.4) is 0 Å². The van der Waals surface area contributed by atoms with Crippen molar-refractivity contribution in [3.63, 3.8) is 0 Å². The predicted molar refractivity (Wildman–Crippen MR) is 119 cm³/mol. The Bertz CT molecular complexity index is 1160. The molecule has 0 radical (unpaired) electrons. The number of carbonyl (C=O) groups excluding carboxylic acids is 2. The number of hydrogen-bond acceptors (Lipinski definition) is 6. The highest BCUT2D eigenvalue weighted by molar-refractivity contribution is 6.07. The van der Waals surface area contributed by atoms with Gasteiger partial charge in [-0.25, -0.2) is 5.43 Å². The van der Waals surface area contributed by atoms with Gasteiger partial charge in [-0.3, -0.25) is 9.59 Å². The van der Waals surface area contributed by atoms with Crippen molar-refractivity contribution in [2.24, 2.45) is 5.10 Å². The maximum Gasteiger partial charge on any atom is 0.275 e. The third-order valence-electron chi connectivity index (χ3n) is 4.56. The largest absolute Gasteiger partial charge is 0.507 e. The minimum absolute atomic E-state index is 0.0425. The van der Waals surface area contributed by atoms with Crippen LogP contribution in [-0.2, 0) is 4.79 Å². The first-order valence-electron chi connectivity index (χ1n) is 9.48. The summed E-state index contributed by atoms with van der Waals surface area (Å²) < 4.78 is 10.4. The Labute approximate surface area is 179 Å². The summed E-state index contributed by atoms with van der Waals surface area (Å²) in [4.78, 5) is 24.8. The average molecular weight is 421 g/mol. The minimum atomic E-state index is -0.570. The first-order chi connectivity index (χ1) is 14.9. The fourth-order valence-corrected chi connectivity index (χ4v) is 2.98. The number of ether oxygens (including phenoxy) is 2. The highest BCUT2D eigenvalue weighted by atomic mass is 16.5. The van der Waals surface area contributed by atoms with E-state index in [9.17, 15) is 14.7 Å². The summed E-state index contributed by atoms with van der Waals surface area (Å²) in [5, 5.41) is 18.5. The van der Waals surface area contributed by atoms with Crippen LogP contribution in [0.2, 0.25) is 0 Å². The molecule has 0 atom stereocenters. The number of aromatic hydroxyl groups is 1. The van der Waals surface area contributed by atoms with Crippen molar-refractivity contribution < 1.29 is 24.2 Å². The highest BCUT2D eigenvalue weighted by Crippen LogP contribution is 2.29.